The van der Waals surface area contributed by atoms with Crippen LogP contribution in [0.2, 0.25) is 5.02 Å². The largest absolute Gasteiger partial charge is 0.496 e. The van der Waals surface area contributed by atoms with E-state index < -0.39 is 40.3 Å². The second-order valence-electron chi connectivity index (χ2n) is 12.5. The molecule has 240 valence electrons. The van der Waals surface area contributed by atoms with Crippen molar-refractivity contribution in [3.8, 4) is 17.2 Å². The molecule has 0 radical (unpaired) electrons. The van der Waals surface area contributed by atoms with E-state index in [9.17, 15) is 19.2 Å². The van der Waals surface area contributed by atoms with Gasteiger partial charge in [0.25, 0.3) is 11.1 Å². The van der Waals surface area contributed by atoms with Crippen LogP contribution in [-0.4, -0.2) is 45.1 Å². The molecule has 0 saturated heterocycles. The molecule has 0 amide bonds. The number of carbonyl (C=O) groups excluding carboxylic acids is 2. The van der Waals surface area contributed by atoms with Gasteiger partial charge in [0.1, 0.15) is 27.9 Å². The van der Waals surface area contributed by atoms with E-state index in [1.807, 2.05) is 18.2 Å². The van der Waals surface area contributed by atoms with Gasteiger partial charge in [0.15, 0.2) is 5.75 Å². The minimum atomic E-state index is -2.08. The summed E-state index contributed by atoms with van der Waals surface area (Å²) in [7, 11) is 5.66. The van der Waals surface area contributed by atoms with Crippen LogP contribution in [0.15, 0.2) is 56.0 Å². The lowest BCUT2D eigenvalue weighted by Gasteiger charge is -2.42. The minimum Gasteiger partial charge on any atom is -0.496 e. The Morgan fingerprint density at radius 2 is 1.72 bits per heavy atom. The number of allylic oxidation sites excluding steroid dienone is 1. The third-order valence-corrected chi connectivity index (χ3v) is 10.6. The fraction of sp³-hybridized carbons (Fsp3) is 0.324. The minimum absolute atomic E-state index is 0.00690. The number of halogens is 1. The first kappa shape index (κ1) is 29.3. The monoisotopic (exact) mass is 656 g/mol. The van der Waals surface area contributed by atoms with Gasteiger partial charge in [-0.15, -0.1) is 0 Å². The predicted molar refractivity (Wildman–Crippen MR) is 172 cm³/mol. The highest BCUT2D eigenvalue weighted by atomic mass is 35.5. The number of ether oxygens (including phenoxy) is 3. The Hall–Kier alpha value is -5.10. The van der Waals surface area contributed by atoms with E-state index in [0.29, 0.717) is 18.7 Å². The number of aromatic nitrogens is 3. The van der Waals surface area contributed by atoms with Gasteiger partial charge in [-0.3, -0.25) is 28.3 Å². The number of hydrogen-bond donors (Lipinski definition) is 1. The van der Waals surface area contributed by atoms with E-state index in [4.69, 9.17) is 25.8 Å². The van der Waals surface area contributed by atoms with E-state index in [1.165, 1.54) is 38.9 Å². The predicted octanol–water partition coefficient (Wildman–Crippen LogP) is 3.06. The molecule has 5 heterocycles. The molecule has 3 atom stereocenters. The number of ketones is 2. The van der Waals surface area contributed by atoms with Crippen molar-refractivity contribution >= 4 is 39.9 Å². The molecular formula is C34H29ClN4O8. The Morgan fingerprint density at radius 1 is 0.979 bits per heavy atom. The first-order chi connectivity index (χ1) is 22.5. The number of nitrogens with one attached hydrogen (secondary N) is 1. The van der Waals surface area contributed by atoms with Crippen LogP contribution in [0.5, 0.6) is 17.2 Å². The number of rotatable bonds is 3. The van der Waals surface area contributed by atoms with Crippen LogP contribution in [0.1, 0.15) is 46.3 Å². The van der Waals surface area contributed by atoms with Crippen molar-refractivity contribution in [2.45, 2.75) is 37.8 Å². The summed E-state index contributed by atoms with van der Waals surface area (Å²) in [6, 6.07) is 8.94. The van der Waals surface area contributed by atoms with Gasteiger partial charge in [0.05, 0.1) is 31.2 Å². The standard InChI is InChI=1S/C34H29ClN4O8/c1-14-11-18-22(28(40)34(14)29(41)23-19(45-4)13-20(46-5)25(35)27(23)47-34)21(24-30(36-18)37(2)33(44)38(3)32(24)43)17-12-16-8-6-7-15-9-10-39(26(15)16)31(17)42/h6-8,12-14,21,36H,9-11H2,1-5H3/t14-,21-,34+/m1/s1. The molecule has 2 aromatic heterocycles. The number of nitrogens with zero attached hydrogens (tertiary/aromatic N) is 3. The van der Waals surface area contributed by atoms with Crippen molar-refractivity contribution in [2.75, 3.05) is 19.5 Å². The summed E-state index contributed by atoms with van der Waals surface area (Å²) in [5.74, 6) is -2.85. The highest BCUT2D eigenvalue weighted by Gasteiger charge is 2.64. The average molecular weight is 657 g/mol. The summed E-state index contributed by atoms with van der Waals surface area (Å²) >= 11 is 6.65. The average Bonchev–Trinajstić information content (AvgIpc) is 3.64. The first-order valence-electron chi connectivity index (χ1n) is 15.1. The molecule has 0 saturated carbocycles. The molecule has 4 aliphatic rings. The van der Waals surface area contributed by atoms with Gasteiger partial charge in [0, 0.05) is 49.5 Å². The number of aryl methyl sites for hydroxylation is 2. The van der Waals surface area contributed by atoms with E-state index in [2.05, 4.69) is 5.32 Å². The summed E-state index contributed by atoms with van der Waals surface area (Å²) in [5.41, 5.74) is -1.17. The highest BCUT2D eigenvalue weighted by Crippen LogP contribution is 2.56. The summed E-state index contributed by atoms with van der Waals surface area (Å²) in [4.78, 5) is 71.2. The van der Waals surface area contributed by atoms with Crippen molar-refractivity contribution in [1.29, 1.82) is 0 Å². The maximum absolute atomic E-state index is 15.2. The molecule has 3 aliphatic heterocycles. The van der Waals surface area contributed by atoms with Gasteiger partial charge in [-0.2, -0.15) is 0 Å². The van der Waals surface area contributed by atoms with Crippen LogP contribution in [0, 0.1) is 5.92 Å². The molecule has 8 rings (SSSR count). The van der Waals surface area contributed by atoms with E-state index in [0.717, 1.165) is 21.0 Å². The van der Waals surface area contributed by atoms with Crippen LogP contribution < -0.4 is 36.3 Å². The van der Waals surface area contributed by atoms with Gasteiger partial charge < -0.3 is 24.1 Å². The van der Waals surface area contributed by atoms with Crippen molar-refractivity contribution < 1.29 is 23.8 Å². The number of pyridine rings is 1. The van der Waals surface area contributed by atoms with Crippen molar-refractivity contribution in [2.24, 2.45) is 20.0 Å². The number of anilines is 1. The molecule has 0 unspecified atom stereocenters. The Bertz CT molecular complexity index is 2380. The zero-order valence-corrected chi connectivity index (χ0v) is 26.9. The normalized spacial score (nSPS) is 22.3. The zero-order chi connectivity index (χ0) is 33.3. The number of benzene rings is 2. The fourth-order valence-electron chi connectivity index (χ4n) is 7.90. The second kappa shape index (κ2) is 9.71. The summed E-state index contributed by atoms with van der Waals surface area (Å²) in [6.45, 7) is 2.15. The van der Waals surface area contributed by atoms with Crippen molar-refractivity contribution in [3.05, 3.63) is 100 Å². The first-order valence-corrected chi connectivity index (χ1v) is 15.5. The summed E-state index contributed by atoms with van der Waals surface area (Å²) < 4.78 is 21.2. The molecule has 2 aromatic carbocycles. The third-order valence-electron chi connectivity index (χ3n) is 10.2. The number of fused-ring (bicyclic) bond motifs is 2. The Balaban J connectivity index is 1.42. The Kier molecular flexibility index (Phi) is 6.05. The van der Waals surface area contributed by atoms with Gasteiger partial charge >= 0.3 is 5.69 Å². The van der Waals surface area contributed by atoms with Crippen LogP contribution in [0.25, 0.3) is 10.9 Å². The second-order valence-corrected chi connectivity index (χ2v) is 12.9. The van der Waals surface area contributed by atoms with Crippen LogP contribution in [0.4, 0.5) is 5.82 Å². The van der Waals surface area contributed by atoms with Crippen molar-refractivity contribution in [3.63, 3.8) is 0 Å². The highest BCUT2D eigenvalue weighted by molar-refractivity contribution is 6.36. The van der Waals surface area contributed by atoms with Gasteiger partial charge in [-0.25, -0.2) is 4.79 Å². The molecule has 12 nitrogen and oxygen atoms in total. The molecule has 4 aromatic rings. The lowest BCUT2D eigenvalue weighted by Crippen LogP contribution is -2.58. The number of Topliss-reactive ketones (excluding diaryl/α,β-unsaturated/α-hetero) is 2. The van der Waals surface area contributed by atoms with Crippen molar-refractivity contribution in [1.82, 2.24) is 13.7 Å². The number of methoxy groups -OCH3 is 2. The number of para-hydroxylation sites is 1. The number of carbonyl (C=O) groups is 2. The van der Waals surface area contributed by atoms with Gasteiger partial charge in [-0.05, 0) is 29.9 Å². The molecule has 0 bridgehead atoms. The molecule has 47 heavy (non-hydrogen) atoms. The van der Waals surface area contributed by atoms with Gasteiger partial charge in [0.2, 0.25) is 17.2 Å². The molecule has 13 heteroatoms. The van der Waals surface area contributed by atoms with E-state index >= 15 is 4.79 Å². The molecule has 0 fully saturated rings. The summed E-state index contributed by atoms with van der Waals surface area (Å²) in [5, 5.41) is 3.97. The Labute approximate surface area is 271 Å². The topological polar surface area (TPSA) is 140 Å². The van der Waals surface area contributed by atoms with Crippen LogP contribution in [-0.2, 0) is 31.9 Å². The van der Waals surface area contributed by atoms with Gasteiger partial charge in [-0.1, -0.05) is 36.7 Å². The lowest BCUT2D eigenvalue weighted by atomic mass is 9.66. The molecule has 1 aliphatic carbocycles. The third kappa shape index (κ3) is 3.50. The molecule has 1 spiro atoms. The lowest BCUT2D eigenvalue weighted by molar-refractivity contribution is -0.130. The molecular weight excluding hydrogens is 628 g/mol. The quantitative estimate of drug-likeness (QED) is 0.330. The van der Waals surface area contributed by atoms with E-state index in [1.54, 1.807) is 17.6 Å². The maximum Gasteiger partial charge on any atom is 0.332 e. The smallest absolute Gasteiger partial charge is 0.332 e. The SMILES string of the molecule is COc1cc(OC)c2c(c1Cl)O[C@@]1(C(=O)C3=C(C[C@H]1C)Nc1c(c(=O)n(C)c(=O)n1C)[C@@H]3c1cc3cccc4c3n(c1=O)CC4)C2=O. The zero-order valence-electron chi connectivity index (χ0n) is 26.1. The van der Waals surface area contributed by atoms with E-state index in [-0.39, 0.29) is 62.3 Å². The maximum atomic E-state index is 15.2. The Morgan fingerprint density at radius 3 is 2.45 bits per heavy atom. The fourth-order valence-corrected chi connectivity index (χ4v) is 8.16. The summed E-state index contributed by atoms with van der Waals surface area (Å²) in [6.07, 6.45) is 0.776. The molecule has 1 N–H and O–H groups in total. The van der Waals surface area contributed by atoms with Crippen LogP contribution >= 0.6 is 11.6 Å². The number of hydrogen-bond acceptors (Lipinski definition) is 9. The van der Waals surface area contributed by atoms with Crippen LogP contribution in [0.3, 0.4) is 0 Å².